The first kappa shape index (κ1) is 27.1. The van der Waals surface area contributed by atoms with Crippen molar-refractivity contribution >= 4 is 23.5 Å². The maximum Gasteiger partial charge on any atom is 0.407 e. The van der Waals surface area contributed by atoms with Crippen LogP contribution in [0.2, 0.25) is 0 Å². The van der Waals surface area contributed by atoms with Gasteiger partial charge in [0.05, 0.1) is 0 Å². The van der Waals surface area contributed by atoms with Crippen LogP contribution in [-0.2, 0) is 14.2 Å². The molecule has 176 valence electrons. The number of nitrogens with one attached hydrogen (secondary N) is 2. The number of ether oxygens (including phenoxy) is 3. The maximum atomic E-state index is 12.0. The number of amidine groups is 1. The largest absolute Gasteiger partial charge is 0.444 e. The lowest BCUT2D eigenvalue weighted by molar-refractivity contribution is -0.0971. The number of carbonyl (C=O) groups is 1. The fourth-order valence-corrected chi connectivity index (χ4v) is 2.89. The van der Waals surface area contributed by atoms with Crippen LogP contribution in [0.4, 0.5) is 4.79 Å². The molecule has 1 rings (SSSR count). The first-order valence-electron chi connectivity index (χ1n) is 10.7. The van der Waals surface area contributed by atoms with Crippen LogP contribution in [-0.4, -0.2) is 60.1 Å². The van der Waals surface area contributed by atoms with E-state index in [0.717, 1.165) is 6.42 Å². The Morgan fingerprint density at radius 2 is 1.94 bits per heavy atom. The number of carbonyl (C=O) groups excluding carboxylic acids is 1. The van der Waals surface area contributed by atoms with Crippen LogP contribution >= 0.6 is 11.6 Å². The Morgan fingerprint density at radius 1 is 1.29 bits per heavy atom. The van der Waals surface area contributed by atoms with Gasteiger partial charge in [-0.1, -0.05) is 25.4 Å². The van der Waals surface area contributed by atoms with Crippen LogP contribution in [0.1, 0.15) is 54.9 Å². The molecule has 0 spiro atoms. The summed E-state index contributed by atoms with van der Waals surface area (Å²) in [6.07, 6.45) is 3.33. The molecule has 0 saturated heterocycles. The highest BCUT2D eigenvalue weighted by Gasteiger charge is 2.20. The molecule has 2 N–H and O–H groups in total. The Labute approximate surface area is 191 Å². The Kier molecular flexibility index (Phi) is 11.8. The van der Waals surface area contributed by atoms with Crippen molar-refractivity contribution in [3.8, 4) is 12.0 Å². The van der Waals surface area contributed by atoms with Gasteiger partial charge in [-0.2, -0.15) is 0 Å². The molecular weight excluding hydrogens is 420 g/mol. The molecule has 0 bridgehead atoms. The number of aliphatic imine (C=N–C) groups is 1. The average molecular weight is 457 g/mol. The predicted octanol–water partition coefficient (Wildman–Crippen LogP) is 3.63. The van der Waals surface area contributed by atoms with Gasteiger partial charge in [-0.3, -0.25) is 4.90 Å². The summed E-state index contributed by atoms with van der Waals surface area (Å²) >= 11 is 6.38. The molecule has 1 amide bonds. The highest BCUT2D eigenvalue weighted by molar-refractivity contribution is 6.21. The number of alkyl carbamates (subject to hydrolysis) is 1. The summed E-state index contributed by atoms with van der Waals surface area (Å²) in [5.74, 6) is 3.95. The van der Waals surface area contributed by atoms with Crippen LogP contribution < -0.4 is 10.6 Å². The summed E-state index contributed by atoms with van der Waals surface area (Å²) in [6, 6.07) is 2.89. The fourth-order valence-electron chi connectivity index (χ4n) is 2.67. The van der Waals surface area contributed by atoms with Crippen LogP contribution in [0.25, 0.3) is 0 Å². The highest BCUT2D eigenvalue weighted by Crippen LogP contribution is 2.13. The molecule has 2 atom stereocenters. The van der Waals surface area contributed by atoms with Crippen molar-refractivity contribution in [3.05, 3.63) is 12.3 Å². The van der Waals surface area contributed by atoms with Crippen molar-refractivity contribution in [1.29, 1.82) is 0 Å². The Bertz CT molecular complexity index is 673. The minimum Gasteiger partial charge on any atom is -0.444 e. The average Bonchev–Trinajstić information content (AvgIpc) is 2.64. The van der Waals surface area contributed by atoms with E-state index < -0.39 is 23.6 Å². The quantitative estimate of drug-likeness (QED) is 0.238. The van der Waals surface area contributed by atoms with E-state index in [-0.39, 0.29) is 6.04 Å². The van der Waals surface area contributed by atoms with Crippen LogP contribution in [0, 0.1) is 17.9 Å². The lowest BCUT2D eigenvalue weighted by Gasteiger charge is -2.27. The summed E-state index contributed by atoms with van der Waals surface area (Å²) in [5, 5.41) is 6.16. The van der Waals surface area contributed by atoms with E-state index >= 15 is 0 Å². The highest BCUT2D eigenvalue weighted by atomic mass is 35.5. The molecule has 0 aliphatic carbocycles. The first-order valence-corrected chi connectivity index (χ1v) is 11.1. The molecule has 8 nitrogen and oxygen atoms in total. The number of hydrogen-bond donors (Lipinski definition) is 2. The number of amides is 1. The zero-order valence-electron chi connectivity index (χ0n) is 19.7. The molecule has 0 aromatic heterocycles. The van der Waals surface area contributed by atoms with Crippen molar-refractivity contribution in [3.63, 3.8) is 0 Å². The van der Waals surface area contributed by atoms with E-state index in [2.05, 4.69) is 41.4 Å². The third-order valence-electron chi connectivity index (χ3n) is 3.82. The molecule has 1 aliphatic rings. The molecule has 0 saturated carbocycles. The topological polar surface area (TPSA) is 84.4 Å². The number of rotatable bonds is 9. The lowest BCUT2D eigenvalue weighted by Crippen LogP contribution is -2.46. The summed E-state index contributed by atoms with van der Waals surface area (Å²) < 4.78 is 16.1. The van der Waals surface area contributed by atoms with Gasteiger partial charge in [0.1, 0.15) is 11.4 Å². The zero-order chi connectivity index (χ0) is 23.4. The zero-order valence-corrected chi connectivity index (χ0v) is 20.5. The monoisotopic (exact) mass is 456 g/mol. The van der Waals surface area contributed by atoms with Gasteiger partial charge in [-0.05, 0) is 59.0 Å². The van der Waals surface area contributed by atoms with Gasteiger partial charge in [0.2, 0.25) is 11.9 Å². The Morgan fingerprint density at radius 3 is 2.45 bits per heavy atom. The normalized spacial score (nSPS) is 17.2. The Hall–Kier alpha value is -1.95. The summed E-state index contributed by atoms with van der Waals surface area (Å²) in [4.78, 5) is 18.0. The molecule has 0 radical (unpaired) electrons. The molecular formula is C22H37ClN4O4. The molecule has 0 fully saturated rings. The van der Waals surface area contributed by atoms with Gasteiger partial charge in [-0.15, -0.1) is 0 Å². The van der Waals surface area contributed by atoms with Crippen LogP contribution in [0.5, 0.6) is 0 Å². The third kappa shape index (κ3) is 11.9. The standard InChI is InChI=1S/C22H37ClN4O4/c1-8-29-19(30-9-2)11-13-27-12-10-18(26-20(27)23)25-17(14-16(3)4)15-24-21(28)31-22(5,6)7/h10,12,16-17,19-20H,8-9,14-15H2,1-7H3,(H,24,28)(H,25,26). The second-order valence-corrected chi connectivity index (χ2v) is 8.79. The summed E-state index contributed by atoms with van der Waals surface area (Å²) in [5.41, 5.74) is -1.23. The Balaban J connectivity index is 2.71. The van der Waals surface area contributed by atoms with Crippen molar-refractivity contribution in [1.82, 2.24) is 15.5 Å². The number of nitrogens with zero attached hydrogens (tertiary/aromatic N) is 2. The summed E-state index contributed by atoms with van der Waals surface area (Å²) in [7, 11) is 0. The van der Waals surface area contributed by atoms with Gasteiger partial charge >= 0.3 is 6.09 Å². The third-order valence-corrected chi connectivity index (χ3v) is 4.12. The molecule has 0 aromatic carbocycles. The van der Waals surface area contributed by atoms with Crippen LogP contribution in [0.3, 0.4) is 0 Å². The second-order valence-electron chi connectivity index (χ2n) is 8.40. The van der Waals surface area contributed by atoms with E-state index in [1.807, 2.05) is 34.6 Å². The van der Waals surface area contributed by atoms with E-state index in [0.29, 0.717) is 31.5 Å². The van der Waals surface area contributed by atoms with Crippen LogP contribution in [0.15, 0.2) is 17.3 Å². The van der Waals surface area contributed by atoms with Gasteiger partial charge in [-0.25, -0.2) is 9.79 Å². The summed E-state index contributed by atoms with van der Waals surface area (Å²) in [6.45, 7) is 14.9. The van der Waals surface area contributed by atoms with Gasteiger partial charge in [0.15, 0.2) is 0 Å². The van der Waals surface area contributed by atoms with E-state index in [4.69, 9.17) is 25.8 Å². The van der Waals surface area contributed by atoms with Crippen molar-refractivity contribution in [2.45, 2.75) is 78.4 Å². The fraction of sp³-hybridized carbons (Fsp3) is 0.727. The van der Waals surface area contributed by atoms with Crippen molar-refractivity contribution in [2.75, 3.05) is 19.8 Å². The molecule has 1 heterocycles. The van der Waals surface area contributed by atoms with E-state index in [9.17, 15) is 4.79 Å². The van der Waals surface area contributed by atoms with Gasteiger partial charge in [0, 0.05) is 38.0 Å². The number of halogens is 1. The van der Waals surface area contributed by atoms with E-state index in [1.165, 1.54) is 0 Å². The molecule has 2 unspecified atom stereocenters. The van der Waals surface area contributed by atoms with Gasteiger partial charge < -0.3 is 24.8 Å². The smallest absolute Gasteiger partial charge is 0.407 e. The number of alkyl halides is 1. The second kappa shape index (κ2) is 13.5. The molecule has 9 heteroatoms. The van der Waals surface area contributed by atoms with Crippen molar-refractivity contribution in [2.24, 2.45) is 10.9 Å². The minimum absolute atomic E-state index is 0.0299. The first-order chi connectivity index (χ1) is 14.5. The SMILES string of the molecule is CCOC(C#CN1C=CC(NC(CNC(=O)OC(C)(C)C)CC(C)C)=NC1Cl)OCC. The van der Waals surface area contributed by atoms with Crippen molar-refractivity contribution < 1.29 is 19.0 Å². The predicted molar refractivity (Wildman–Crippen MR) is 123 cm³/mol. The maximum absolute atomic E-state index is 12.0. The minimum atomic E-state index is -0.692. The molecule has 1 aliphatic heterocycles. The lowest BCUT2D eigenvalue weighted by atomic mass is 10.0. The molecule has 31 heavy (non-hydrogen) atoms. The van der Waals surface area contributed by atoms with Gasteiger partial charge in [0.25, 0.3) is 0 Å². The number of hydrogen-bond acceptors (Lipinski definition) is 7. The molecule has 0 aromatic rings. The van der Waals surface area contributed by atoms with E-state index in [1.54, 1.807) is 17.2 Å².